The maximum absolute atomic E-state index is 13.6. The number of pyridine rings is 2. The third-order valence-electron chi connectivity index (χ3n) is 5.18. The first kappa shape index (κ1) is 18.3. The number of aromatic nitrogens is 2. The molecule has 0 spiro atoms. The van der Waals surface area contributed by atoms with Crippen molar-refractivity contribution in [3.8, 4) is 11.1 Å². The third kappa shape index (κ3) is 3.67. The van der Waals surface area contributed by atoms with Crippen molar-refractivity contribution in [2.75, 3.05) is 24.6 Å². The molecule has 1 fully saturated rings. The van der Waals surface area contributed by atoms with Gasteiger partial charge in [0.25, 0.3) is 0 Å². The zero-order valence-corrected chi connectivity index (χ0v) is 15.8. The molecule has 0 radical (unpaired) electrons. The van der Waals surface area contributed by atoms with Crippen molar-refractivity contribution in [3.63, 3.8) is 0 Å². The van der Waals surface area contributed by atoms with Gasteiger partial charge in [0.2, 0.25) is 5.95 Å². The molecule has 0 amide bonds. The fourth-order valence-electron chi connectivity index (χ4n) is 3.72. The Morgan fingerprint density at radius 3 is 2.79 bits per heavy atom. The molecule has 1 saturated heterocycles. The molecule has 4 rings (SSSR count). The number of para-hydroxylation sites is 1. The Hall–Kier alpha value is -3.02. The van der Waals surface area contributed by atoms with Crippen LogP contribution in [0.15, 0.2) is 48.7 Å². The molecule has 3 heterocycles. The second-order valence-electron chi connectivity index (χ2n) is 6.93. The van der Waals surface area contributed by atoms with Crippen LogP contribution in [0, 0.1) is 11.9 Å². The van der Waals surface area contributed by atoms with Crippen LogP contribution in [0.3, 0.4) is 0 Å². The summed E-state index contributed by atoms with van der Waals surface area (Å²) in [5.41, 5.74) is 2.46. The molecule has 0 aliphatic carbocycles. The van der Waals surface area contributed by atoms with Crippen LogP contribution in [0.1, 0.15) is 19.8 Å². The zero-order chi connectivity index (χ0) is 19.5. The second-order valence-corrected chi connectivity index (χ2v) is 6.93. The zero-order valence-electron chi connectivity index (χ0n) is 15.8. The van der Waals surface area contributed by atoms with Crippen molar-refractivity contribution in [1.82, 2.24) is 9.97 Å². The van der Waals surface area contributed by atoms with Gasteiger partial charge in [-0.05, 0) is 43.5 Å². The first-order chi connectivity index (χ1) is 13.7. The number of rotatable bonds is 4. The number of carbonyl (C=O) groups is 1. The topological polar surface area (TPSA) is 55.3 Å². The van der Waals surface area contributed by atoms with E-state index in [2.05, 4.69) is 9.88 Å². The number of hydrogen-bond acceptors (Lipinski definition) is 5. The van der Waals surface area contributed by atoms with E-state index in [1.165, 1.54) is 12.3 Å². The minimum atomic E-state index is -0.508. The van der Waals surface area contributed by atoms with E-state index in [0.717, 1.165) is 53.8 Å². The fourth-order valence-corrected chi connectivity index (χ4v) is 3.72. The number of halogens is 1. The Morgan fingerprint density at radius 2 is 2.04 bits per heavy atom. The van der Waals surface area contributed by atoms with Crippen molar-refractivity contribution in [2.45, 2.75) is 19.8 Å². The average molecular weight is 379 g/mol. The smallest absolute Gasteiger partial charge is 0.309 e. The van der Waals surface area contributed by atoms with E-state index in [-0.39, 0.29) is 11.9 Å². The number of ether oxygens (including phenoxy) is 1. The summed E-state index contributed by atoms with van der Waals surface area (Å²) >= 11 is 0. The van der Waals surface area contributed by atoms with E-state index < -0.39 is 5.95 Å². The summed E-state index contributed by atoms with van der Waals surface area (Å²) in [5.74, 6) is 0.228. The van der Waals surface area contributed by atoms with Crippen LogP contribution in [0.5, 0.6) is 0 Å². The van der Waals surface area contributed by atoms with Crippen LogP contribution in [0.4, 0.5) is 10.2 Å². The van der Waals surface area contributed by atoms with E-state index in [1.807, 2.05) is 37.3 Å². The largest absolute Gasteiger partial charge is 0.466 e. The summed E-state index contributed by atoms with van der Waals surface area (Å²) in [5, 5.41) is 1.000. The third-order valence-corrected chi connectivity index (χ3v) is 5.18. The van der Waals surface area contributed by atoms with Crippen LogP contribution in [-0.2, 0) is 9.53 Å². The van der Waals surface area contributed by atoms with Gasteiger partial charge in [0.1, 0.15) is 5.82 Å². The molecule has 6 heteroatoms. The molecule has 3 aromatic rings. The molecular weight excluding hydrogens is 357 g/mol. The van der Waals surface area contributed by atoms with Crippen LogP contribution >= 0.6 is 0 Å². The Balaban J connectivity index is 1.62. The Kier molecular flexibility index (Phi) is 5.19. The summed E-state index contributed by atoms with van der Waals surface area (Å²) in [6, 6.07) is 13.1. The lowest BCUT2D eigenvalue weighted by atomic mass is 9.97. The lowest BCUT2D eigenvalue weighted by Crippen LogP contribution is -2.37. The Labute approximate surface area is 163 Å². The standard InChI is InChI=1S/C22H22FN3O2/c1-2-28-22(27)16-9-12-26(13-10-16)20-7-6-15-4-3-5-18(21(15)25-20)17-8-11-24-19(23)14-17/h3-8,11,14,16H,2,9-10,12-13H2,1H3. The molecule has 2 aromatic heterocycles. The van der Waals surface area contributed by atoms with E-state index in [0.29, 0.717) is 6.61 Å². The number of benzene rings is 1. The lowest BCUT2D eigenvalue weighted by molar-refractivity contribution is -0.148. The van der Waals surface area contributed by atoms with Gasteiger partial charge in [0.05, 0.1) is 18.0 Å². The number of nitrogens with zero attached hydrogens (tertiary/aromatic N) is 3. The van der Waals surface area contributed by atoms with Crippen molar-refractivity contribution in [3.05, 3.63) is 54.6 Å². The second kappa shape index (κ2) is 7.92. The highest BCUT2D eigenvalue weighted by Crippen LogP contribution is 2.30. The highest BCUT2D eigenvalue weighted by Gasteiger charge is 2.26. The fraction of sp³-hybridized carbons (Fsp3) is 0.318. The van der Waals surface area contributed by atoms with Gasteiger partial charge in [0.15, 0.2) is 0 Å². The van der Waals surface area contributed by atoms with Crippen molar-refractivity contribution < 1.29 is 13.9 Å². The molecule has 0 bridgehead atoms. The molecule has 1 aliphatic rings. The summed E-state index contributed by atoms with van der Waals surface area (Å²) in [6.45, 7) is 3.77. The summed E-state index contributed by atoms with van der Waals surface area (Å²) in [7, 11) is 0. The van der Waals surface area contributed by atoms with Gasteiger partial charge in [-0.1, -0.05) is 18.2 Å². The van der Waals surface area contributed by atoms with Gasteiger partial charge in [-0.15, -0.1) is 0 Å². The molecule has 28 heavy (non-hydrogen) atoms. The van der Waals surface area contributed by atoms with E-state index in [4.69, 9.17) is 9.72 Å². The first-order valence-electron chi connectivity index (χ1n) is 9.59. The van der Waals surface area contributed by atoms with Crippen LogP contribution < -0.4 is 4.90 Å². The minimum Gasteiger partial charge on any atom is -0.466 e. The molecule has 5 nitrogen and oxygen atoms in total. The number of anilines is 1. The van der Waals surface area contributed by atoms with Gasteiger partial charge < -0.3 is 9.64 Å². The van der Waals surface area contributed by atoms with Crippen molar-refractivity contribution in [1.29, 1.82) is 0 Å². The Morgan fingerprint density at radius 1 is 1.21 bits per heavy atom. The average Bonchev–Trinajstić information content (AvgIpc) is 2.73. The number of esters is 1. The van der Waals surface area contributed by atoms with Gasteiger partial charge >= 0.3 is 5.97 Å². The lowest BCUT2D eigenvalue weighted by Gasteiger charge is -2.31. The van der Waals surface area contributed by atoms with Gasteiger partial charge in [-0.3, -0.25) is 4.79 Å². The number of piperidine rings is 1. The molecule has 0 atom stereocenters. The minimum absolute atomic E-state index is 0.0352. The summed E-state index contributed by atoms with van der Waals surface area (Å²) in [6.07, 6.45) is 2.99. The van der Waals surface area contributed by atoms with E-state index in [9.17, 15) is 9.18 Å². The number of hydrogen-bond donors (Lipinski definition) is 0. The number of fused-ring (bicyclic) bond motifs is 1. The van der Waals surface area contributed by atoms with E-state index in [1.54, 1.807) is 6.07 Å². The molecule has 0 N–H and O–H groups in total. The SMILES string of the molecule is CCOC(=O)C1CCN(c2ccc3cccc(-c4ccnc(F)c4)c3n2)CC1. The predicted octanol–water partition coefficient (Wildman–Crippen LogP) is 4.22. The summed E-state index contributed by atoms with van der Waals surface area (Å²) in [4.78, 5) is 22.7. The van der Waals surface area contributed by atoms with Crippen LogP contribution in [-0.4, -0.2) is 35.6 Å². The van der Waals surface area contributed by atoms with Crippen LogP contribution in [0.25, 0.3) is 22.0 Å². The molecule has 144 valence electrons. The molecule has 0 unspecified atom stereocenters. The van der Waals surface area contributed by atoms with Crippen molar-refractivity contribution >= 4 is 22.7 Å². The van der Waals surface area contributed by atoms with Gasteiger partial charge in [-0.2, -0.15) is 4.39 Å². The van der Waals surface area contributed by atoms with Crippen LogP contribution in [0.2, 0.25) is 0 Å². The highest BCUT2D eigenvalue weighted by molar-refractivity contribution is 5.94. The van der Waals surface area contributed by atoms with E-state index >= 15 is 0 Å². The summed E-state index contributed by atoms with van der Waals surface area (Å²) < 4.78 is 18.7. The maximum Gasteiger partial charge on any atom is 0.309 e. The molecule has 1 aromatic carbocycles. The van der Waals surface area contributed by atoms with Crippen molar-refractivity contribution in [2.24, 2.45) is 5.92 Å². The monoisotopic (exact) mass is 379 g/mol. The quantitative estimate of drug-likeness (QED) is 0.502. The Bertz CT molecular complexity index is 1000. The number of carbonyl (C=O) groups excluding carboxylic acids is 1. The van der Waals surface area contributed by atoms with Gasteiger partial charge in [-0.25, -0.2) is 9.97 Å². The first-order valence-corrected chi connectivity index (χ1v) is 9.59. The maximum atomic E-state index is 13.6. The molecule has 1 aliphatic heterocycles. The molecular formula is C22H22FN3O2. The molecule has 0 saturated carbocycles. The predicted molar refractivity (Wildman–Crippen MR) is 107 cm³/mol. The normalized spacial score (nSPS) is 15.0. The van der Waals surface area contributed by atoms with Gasteiger partial charge in [0, 0.05) is 36.3 Å². The highest BCUT2D eigenvalue weighted by atomic mass is 19.1.